The molecule has 0 bridgehead atoms. The van der Waals surface area contributed by atoms with Crippen LogP contribution < -0.4 is 0 Å². The number of nitro benzene ring substituents is 1. The fourth-order valence-corrected chi connectivity index (χ4v) is 2.01. The van der Waals surface area contributed by atoms with Gasteiger partial charge in [-0.3, -0.25) is 14.9 Å². The molecule has 0 aliphatic heterocycles. The number of rotatable bonds is 14. The van der Waals surface area contributed by atoms with Crippen LogP contribution in [0.15, 0.2) is 24.3 Å². The van der Waals surface area contributed by atoms with Crippen LogP contribution in [0.25, 0.3) is 0 Å². The minimum atomic E-state index is -1.15. The quantitative estimate of drug-likeness (QED) is 0.161. The van der Waals surface area contributed by atoms with Crippen LogP contribution in [-0.4, -0.2) is 57.6 Å². The summed E-state index contributed by atoms with van der Waals surface area (Å²) in [5.74, 6) is -0.577. The maximum Gasteiger partial charge on any atom is 0.310 e. The van der Waals surface area contributed by atoms with Crippen molar-refractivity contribution in [3.05, 3.63) is 39.9 Å². The Morgan fingerprint density at radius 2 is 1.69 bits per heavy atom. The molecule has 1 aromatic rings. The third-order valence-electron chi connectivity index (χ3n) is 3.24. The predicted octanol–water partition coefficient (Wildman–Crippen LogP) is 2.24. The van der Waals surface area contributed by atoms with E-state index in [1.165, 1.54) is 25.3 Å². The number of para-hydroxylation sites is 1. The minimum Gasteiger partial charge on any atom is -0.431 e. The van der Waals surface area contributed by atoms with Gasteiger partial charge in [0.15, 0.2) is 0 Å². The second-order valence-electron chi connectivity index (χ2n) is 5.05. The van der Waals surface area contributed by atoms with Crippen LogP contribution in [0.3, 0.4) is 0 Å². The molecule has 0 fully saturated rings. The topological polar surface area (TPSA) is 106 Å². The monoisotopic (exact) mass is 371 g/mol. The van der Waals surface area contributed by atoms with Crippen molar-refractivity contribution in [2.45, 2.75) is 19.6 Å². The van der Waals surface area contributed by atoms with Crippen molar-refractivity contribution in [2.24, 2.45) is 0 Å². The summed E-state index contributed by atoms with van der Waals surface area (Å²) < 4.78 is 25.9. The molecule has 0 spiro atoms. The summed E-state index contributed by atoms with van der Waals surface area (Å²) >= 11 is 0. The van der Waals surface area contributed by atoms with E-state index >= 15 is 0 Å². The number of ether oxygens (including phenoxy) is 5. The highest BCUT2D eigenvalue weighted by molar-refractivity contribution is 5.69. The van der Waals surface area contributed by atoms with Crippen molar-refractivity contribution in [2.75, 3.05) is 46.8 Å². The third-order valence-corrected chi connectivity index (χ3v) is 3.24. The molecule has 0 saturated heterocycles. The van der Waals surface area contributed by atoms with Crippen molar-refractivity contribution >= 4 is 11.7 Å². The van der Waals surface area contributed by atoms with Crippen LogP contribution in [0.5, 0.6) is 0 Å². The number of carbonyl (C=O) groups excluding carboxylic acids is 1. The van der Waals surface area contributed by atoms with Crippen molar-refractivity contribution in [1.29, 1.82) is 0 Å². The Balaban J connectivity index is 2.30. The molecule has 0 aliphatic carbocycles. The SMILES string of the molecule is CCOCCOCCOCCC(=O)OC(OC)c1ccccc1[N+](=O)[O-]. The van der Waals surface area contributed by atoms with Gasteiger partial charge in [0, 0.05) is 19.8 Å². The zero-order chi connectivity index (χ0) is 19.2. The van der Waals surface area contributed by atoms with Gasteiger partial charge in [0.05, 0.1) is 49.9 Å². The van der Waals surface area contributed by atoms with Crippen LogP contribution in [0, 0.1) is 10.1 Å². The summed E-state index contributed by atoms with van der Waals surface area (Å²) in [5.41, 5.74) is 0.00423. The number of methoxy groups -OCH3 is 1. The van der Waals surface area contributed by atoms with E-state index in [9.17, 15) is 14.9 Å². The van der Waals surface area contributed by atoms with Gasteiger partial charge in [0.25, 0.3) is 5.69 Å². The van der Waals surface area contributed by atoms with Gasteiger partial charge >= 0.3 is 5.97 Å². The summed E-state index contributed by atoms with van der Waals surface area (Å²) in [4.78, 5) is 22.4. The normalized spacial score (nSPS) is 11.9. The molecule has 146 valence electrons. The number of hydrogen-bond donors (Lipinski definition) is 0. The van der Waals surface area contributed by atoms with Gasteiger partial charge in [-0.1, -0.05) is 12.1 Å². The second-order valence-corrected chi connectivity index (χ2v) is 5.05. The van der Waals surface area contributed by atoms with Crippen molar-refractivity contribution in [3.8, 4) is 0 Å². The van der Waals surface area contributed by atoms with Gasteiger partial charge in [-0.15, -0.1) is 0 Å². The number of benzene rings is 1. The molecule has 0 amide bonds. The van der Waals surface area contributed by atoms with E-state index in [1.807, 2.05) is 6.92 Å². The van der Waals surface area contributed by atoms with Crippen LogP contribution >= 0.6 is 0 Å². The summed E-state index contributed by atoms with van der Waals surface area (Å²) in [6, 6.07) is 5.94. The molecule has 1 rings (SSSR count). The predicted molar refractivity (Wildman–Crippen MR) is 91.7 cm³/mol. The van der Waals surface area contributed by atoms with Gasteiger partial charge in [-0.05, 0) is 13.0 Å². The first kappa shape index (κ1) is 22.0. The van der Waals surface area contributed by atoms with Crippen LogP contribution in [-0.2, 0) is 28.5 Å². The molecule has 0 radical (unpaired) electrons. The molecule has 9 nitrogen and oxygen atoms in total. The highest BCUT2D eigenvalue weighted by Gasteiger charge is 2.24. The average molecular weight is 371 g/mol. The molecule has 0 heterocycles. The van der Waals surface area contributed by atoms with E-state index in [0.29, 0.717) is 33.0 Å². The maximum absolute atomic E-state index is 11.9. The Bertz CT molecular complexity index is 551. The molecule has 1 unspecified atom stereocenters. The average Bonchev–Trinajstić information content (AvgIpc) is 2.64. The summed E-state index contributed by atoms with van der Waals surface area (Å²) in [7, 11) is 1.31. The first-order valence-electron chi connectivity index (χ1n) is 8.29. The first-order chi connectivity index (χ1) is 12.6. The maximum atomic E-state index is 11.9. The van der Waals surface area contributed by atoms with Gasteiger partial charge in [-0.25, -0.2) is 0 Å². The van der Waals surface area contributed by atoms with Crippen molar-refractivity contribution < 1.29 is 33.4 Å². The molecular formula is C17H25NO8. The van der Waals surface area contributed by atoms with E-state index in [2.05, 4.69) is 0 Å². The molecule has 0 aliphatic rings. The first-order valence-corrected chi connectivity index (χ1v) is 8.29. The molecule has 1 atom stereocenters. The Kier molecular flexibility index (Phi) is 11.1. The molecule has 26 heavy (non-hydrogen) atoms. The van der Waals surface area contributed by atoms with E-state index < -0.39 is 17.2 Å². The van der Waals surface area contributed by atoms with E-state index in [4.69, 9.17) is 23.7 Å². The summed E-state index contributed by atoms with van der Waals surface area (Å²) in [5, 5.41) is 11.1. The fourth-order valence-electron chi connectivity index (χ4n) is 2.01. The zero-order valence-corrected chi connectivity index (χ0v) is 15.0. The van der Waals surface area contributed by atoms with Crippen LogP contribution in [0.2, 0.25) is 0 Å². The molecular weight excluding hydrogens is 346 g/mol. The van der Waals surface area contributed by atoms with E-state index in [-0.39, 0.29) is 24.3 Å². The largest absolute Gasteiger partial charge is 0.431 e. The smallest absolute Gasteiger partial charge is 0.310 e. The highest BCUT2D eigenvalue weighted by Crippen LogP contribution is 2.28. The molecule has 0 N–H and O–H groups in total. The summed E-state index contributed by atoms with van der Waals surface area (Å²) in [6.07, 6.45) is -1.15. The highest BCUT2D eigenvalue weighted by atomic mass is 16.7. The third kappa shape index (κ3) is 8.34. The number of esters is 1. The Morgan fingerprint density at radius 1 is 1.08 bits per heavy atom. The molecule has 0 saturated carbocycles. The second kappa shape index (κ2) is 13.2. The van der Waals surface area contributed by atoms with Gasteiger partial charge in [0.1, 0.15) is 0 Å². The van der Waals surface area contributed by atoms with Crippen molar-refractivity contribution in [1.82, 2.24) is 0 Å². The number of nitro groups is 1. The van der Waals surface area contributed by atoms with Gasteiger partial charge < -0.3 is 23.7 Å². The van der Waals surface area contributed by atoms with Crippen molar-refractivity contribution in [3.63, 3.8) is 0 Å². The molecule has 0 aromatic heterocycles. The van der Waals surface area contributed by atoms with E-state index in [0.717, 1.165) is 0 Å². The van der Waals surface area contributed by atoms with E-state index in [1.54, 1.807) is 6.07 Å². The number of nitrogens with zero attached hydrogens (tertiary/aromatic N) is 1. The number of hydrogen-bond acceptors (Lipinski definition) is 8. The van der Waals surface area contributed by atoms with Crippen LogP contribution in [0.4, 0.5) is 5.69 Å². The number of carbonyl (C=O) groups is 1. The lowest BCUT2D eigenvalue weighted by atomic mass is 10.1. The molecule has 1 aromatic carbocycles. The van der Waals surface area contributed by atoms with Gasteiger partial charge in [-0.2, -0.15) is 0 Å². The Labute approximate surface area is 152 Å². The summed E-state index contributed by atoms with van der Waals surface area (Å²) in [6.45, 7) is 4.48. The van der Waals surface area contributed by atoms with Gasteiger partial charge in [0.2, 0.25) is 6.29 Å². The zero-order valence-electron chi connectivity index (χ0n) is 15.0. The molecule has 9 heteroatoms. The lowest BCUT2D eigenvalue weighted by molar-refractivity contribution is -0.386. The fraction of sp³-hybridized carbons (Fsp3) is 0.588. The Morgan fingerprint density at radius 3 is 2.31 bits per heavy atom. The lowest BCUT2D eigenvalue weighted by Crippen LogP contribution is -2.16. The standard InChI is InChI=1S/C17H25NO8/c1-3-23-10-11-25-13-12-24-9-8-16(19)26-17(22-2)14-6-4-5-7-15(14)18(20)21/h4-7,17H,3,8-13H2,1-2H3. The minimum absolute atomic E-state index is 0.000559. The Hall–Kier alpha value is -2.07. The van der Waals surface area contributed by atoms with Crippen LogP contribution in [0.1, 0.15) is 25.2 Å². The lowest BCUT2D eigenvalue weighted by Gasteiger charge is -2.16.